The van der Waals surface area contributed by atoms with Gasteiger partial charge in [-0.2, -0.15) is 13.2 Å². The average molecular weight is 228 g/mol. The van der Waals surface area contributed by atoms with E-state index in [0.29, 0.717) is 0 Å². The fourth-order valence-corrected chi connectivity index (χ4v) is 0.867. The van der Waals surface area contributed by atoms with E-state index in [4.69, 9.17) is 5.73 Å². The lowest BCUT2D eigenvalue weighted by atomic mass is 10.3. The van der Waals surface area contributed by atoms with Crippen molar-refractivity contribution in [1.82, 2.24) is 9.97 Å². The molecule has 1 aromatic rings. The Labute approximate surface area is 85.0 Å². The Balaban J connectivity index is 0.00000169. The smallest absolute Gasteiger partial charge is 0.324 e. The Bertz CT molecular complexity index is 314. The third-order valence-electron chi connectivity index (χ3n) is 1.37. The van der Waals surface area contributed by atoms with E-state index < -0.39 is 11.9 Å². The number of nitrogens with two attached hydrogens (primary N) is 1. The lowest BCUT2D eigenvalue weighted by Gasteiger charge is -2.07. The van der Waals surface area contributed by atoms with Crippen LogP contribution in [-0.2, 0) is 12.7 Å². The molecule has 7 heteroatoms. The van der Waals surface area contributed by atoms with Gasteiger partial charge in [0.15, 0.2) is 0 Å². The molecule has 1 aromatic heterocycles. The second-order valence-electron chi connectivity index (χ2n) is 2.51. The van der Waals surface area contributed by atoms with Crippen LogP contribution in [0.2, 0.25) is 0 Å². The van der Waals surface area contributed by atoms with E-state index in [9.17, 15) is 13.2 Å². The standard InChI is InChI=1S/C7H8F3N3.ClH/c1-4-2-5(7(8,9)10)13-6(3-11)12-4;/h2H,3,11H2,1H3;1H. The number of hydrogen-bond donors (Lipinski definition) is 1. The highest BCUT2D eigenvalue weighted by molar-refractivity contribution is 5.85. The number of hydrogen-bond acceptors (Lipinski definition) is 3. The van der Waals surface area contributed by atoms with Gasteiger partial charge >= 0.3 is 6.18 Å². The minimum atomic E-state index is -4.43. The van der Waals surface area contributed by atoms with E-state index in [1.807, 2.05) is 0 Å². The number of aromatic nitrogens is 2. The molecule has 80 valence electrons. The lowest BCUT2D eigenvalue weighted by molar-refractivity contribution is -0.141. The van der Waals surface area contributed by atoms with E-state index in [0.717, 1.165) is 6.07 Å². The lowest BCUT2D eigenvalue weighted by Crippen LogP contribution is -2.13. The van der Waals surface area contributed by atoms with Crippen LogP contribution < -0.4 is 5.73 Å². The molecule has 0 saturated heterocycles. The molecule has 0 spiro atoms. The summed E-state index contributed by atoms with van der Waals surface area (Å²) in [5, 5.41) is 0. The molecule has 0 bridgehead atoms. The van der Waals surface area contributed by atoms with Crippen LogP contribution >= 0.6 is 12.4 Å². The summed E-state index contributed by atoms with van der Waals surface area (Å²) in [5.74, 6) is 0.00678. The van der Waals surface area contributed by atoms with Gasteiger partial charge in [-0.3, -0.25) is 0 Å². The van der Waals surface area contributed by atoms with E-state index in [-0.39, 0.29) is 30.5 Å². The van der Waals surface area contributed by atoms with Gasteiger partial charge in [-0.05, 0) is 13.0 Å². The zero-order chi connectivity index (χ0) is 10.1. The molecule has 0 unspecified atom stereocenters. The van der Waals surface area contributed by atoms with Crippen LogP contribution in [0.1, 0.15) is 17.2 Å². The molecule has 0 atom stereocenters. The van der Waals surface area contributed by atoms with E-state index in [2.05, 4.69) is 9.97 Å². The molecule has 0 aromatic carbocycles. The van der Waals surface area contributed by atoms with Gasteiger partial charge in [0, 0.05) is 5.69 Å². The van der Waals surface area contributed by atoms with Crippen LogP contribution in [0, 0.1) is 6.92 Å². The summed E-state index contributed by atoms with van der Waals surface area (Å²) in [4.78, 5) is 6.99. The number of aryl methyl sites for hydroxylation is 1. The monoisotopic (exact) mass is 227 g/mol. The topological polar surface area (TPSA) is 51.8 Å². The molecule has 0 aliphatic heterocycles. The Kier molecular flexibility index (Phi) is 4.28. The first-order chi connectivity index (χ1) is 5.93. The molecular weight excluding hydrogens is 219 g/mol. The predicted molar refractivity (Wildman–Crippen MR) is 46.9 cm³/mol. The second kappa shape index (κ2) is 4.56. The van der Waals surface area contributed by atoms with E-state index >= 15 is 0 Å². The van der Waals surface area contributed by atoms with Gasteiger partial charge in [0.2, 0.25) is 0 Å². The summed E-state index contributed by atoms with van der Waals surface area (Å²) in [6, 6.07) is 0.888. The Hall–Kier alpha value is -0.880. The molecule has 2 N–H and O–H groups in total. The van der Waals surface area contributed by atoms with Gasteiger partial charge < -0.3 is 5.73 Å². The molecule has 1 heterocycles. The summed E-state index contributed by atoms with van der Waals surface area (Å²) < 4.78 is 36.5. The summed E-state index contributed by atoms with van der Waals surface area (Å²) in [5.41, 5.74) is 4.46. The van der Waals surface area contributed by atoms with Crippen molar-refractivity contribution in [2.75, 3.05) is 0 Å². The van der Waals surface area contributed by atoms with Crippen molar-refractivity contribution in [1.29, 1.82) is 0 Å². The van der Waals surface area contributed by atoms with Crippen molar-refractivity contribution in [3.05, 3.63) is 23.3 Å². The van der Waals surface area contributed by atoms with Crippen LogP contribution in [-0.4, -0.2) is 9.97 Å². The summed E-state index contributed by atoms with van der Waals surface area (Å²) >= 11 is 0. The summed E-state index contributed by atoms with van der Waals surface area (Å²) in [6.45, 7) is 1.38. The first-order valence-electron chi connectivity index (χ1n) is 3.55. The first kappa shape index (κ1) is 13.1. The third kappa shape index (κ3) is 3.12. The third-order valence-corrected chi connectivity index (χ3v) is 1.37. The number of nitrogens with zero attached hydrogens (tertiary/aromatic N) is 2. The van der Waals surface area contributed by atoms with Crippen molar-refractivity contribution in [3.63, 3.8) is 0 Å². The molecule has 0 aliphatic rings. The largest absolute Gasteiger partial charge is 0.433 e. The van der Waals surface area contributed by atoms with Crippen LogP contribution in [0.3, 0.4) is 0 Å². The number of rotatable bonds is 1. The van der Waals surface area contributed by atoms with Crippen molar-refractivity contribution in [2.45, 2.75) is 19.6 Å². The van der Waals surface area contributed by atoms with Gasteiger partial charge in [0.05, 0.1) is 6.54 Å². The zero-order valence-corrected chi connectivity index (χ0v) is 8.11. The van der Waals surface area contributed by atoms with Gasteiger partial charge in [0.1, 0.15) is 11.5 Å². The van der Waals surface area contributed by atoms with Crippen LogP contribution in [0.4, 0.5) is 13.2 Å². The fourth-order valence-electron chi connectivity index (χ4n) is 0.867. The van der Waals surface area contributed by atoms with Crippen molar-refractivity contribution in [2.24, 2.45) is 5.73 Å². The Morgan fingerprint density at radius 2 is 1.93 bits per heavy atom. The maximum Gasteiger partial charge on any atom is 0.433 e. The van der Waals surface area contributed by atoms with Gasteiger partial charge in [-0.25, -0.2) is 9.97 Å². The molecule has 14 heavy (non-hydrogen) atoms. The molecule has 0 radical (unpaired) electrons. The molecule has 3 nitrogen and oxygen atoms in total. The molecule has 0 aliphatic carbocycles. The molecule has 0 saturated carbocycles. The maximum atomic E-state index is 12.2. The van der Waals surface area contributed by atoms with Crippen LogP contribution in [0.5, 0.6) is 0 Å². The molecule has 0 fully saturated rings. The van der Waals surface area contributed by atoms with Gasteiger partial charge in [0.25, 0.3) is 0 Å². The van der Waals surface area contributed by atoms with Crippen LogP contribution in [0.15, 0.2) is 6.07 Å². The molecular formula is C7H9ClF3N3. The summed E-state index contributed by atoms with van der Waals surface area (Å²) in [6.07, 6.45) is -4.43. The summed E-state index contributed by atoms with van der Waals surface area (Å²) in [7, 11) is 0. The SMILES string of the molecule is Cc1cc(C(F)(F)F)nc(CN)n1.Cl. The fraction of sp³-hybridized carbons (Fsp3) is 0.429. The van der Waals surface area contributed by atoms with E-state index in [1.165, 1.54) is 6.92 Å². The first-order valence-corrected chi connectivity index (χ1v) is 3.55. The van der Waals surface area contributed by atoms with Crippen molar-refractivity contribution >= 4 is 12.4 Å². The second-order valence-corrected chi connectivity index (χ2v) is 2.51. The number of halogens is 4. The normalized spacial score (nSPS) is 10.9. The minimum absolute atomic E-state index is 0. The Morgan fingerprint density at radius 3 is 2.36 bits per heavy atom. The predicted octanol–water partition coefficient (Wildman–Crippen LogP) is 1.68. The van der Waals surface area contributed by atoms with Crippen LogP contribution in [0.25, 0.3) is 0 Å². The molecule has 0 amide bonds. The van der Waals surface area contributed by atoms with Gasteiger partial charge in [-0.1, -0.05) is 0 Å². The molecule has 1 rings (SSSR count). The van der Waals surface area contributed by atoms with Crippen molar-refractivity contribution < 1.29 is 13.2 Å². The zero-order valence-electron chi connectivity index (χ0n) is 7.30. The average Bonchev–Trinajstić information content (AvgIpc) is 2.01. The van der Waals surface area contributed by atoms with Gasteiger partial charge in [-0.15, -0.1) is 12.4 Å². The highest BCUT2D eigenvalue weighted by Crippen LogP contribution is 2.27. The van der Waals surface area contributed by atoms with E-state index in [1.54, 1.807) is 0 Å². The highest BCUT2D eigenvalue weighted by atomic mass is 35.5. The highest BCUT2D eigenvalue weighted by Gasteiger charge is 2.33. The Morgan fingerprint density at radius 1 is 1.36 bits per heavy atom. The minimum Gasteiger partial charge on any atom is -0.324 e. The quantitative estimate of drug-likeness (QED) is 0.794. The maximum absolute atomic E-state index is 12.2. The number of alkyl halides is 3. The van der Waals surface area contributed by atoms with Crippen molar-refractivity contribution in [3.8, 4) is 0 Å².